The van der Waals surface area contributed by atoms with Crippen molar-refractivity contribution in [1.82, 2.24) is 14.7 Å². The molecule has 7 heteroatoms. The van der Waals surface area contributed by atoms with Gasteiger partial charge in [0.15, 0.2) is 11.5 Å². The largest absolute Gasteiger partial charge is 0.493 e. The summed E-state index contributed by atoms with van der Waals surface area (Å²) in [4.78, 5) is 15.1. The molecule has 4 rings (SSSR count). The SMILES string of the molecule is COc1ccccc1Oc1c(CN(C[C@H]2CCCO2)C(=O)C(C)C)c(C)nn1-c1ccccc1. The number of para-hydroxylation sites is 3. The molecule has 2 heterocycles. The molecule has 1 saturated heterocycles. The van der Waals surface area contributed by atoms with Crippen LogP contribution in [0.5, 0.6) is 17.4 Å². The highest BCUT2D eigenvalue weighted by Gasteiger charge is 2.28. The molecule has 1 aliphatic heterocycles. The van der Waals surface area contributed by atoms with Crippen LogP contribution in [0, 0.1) is 12.8 Å². The van der Waals surface area contributed by atoms with Crippen LogP contribution in [0.3, 0.4) is 0 Å². The first-order valence-electron chi connectivity index (χ1n) is 11.8. The van der Waals surface area contributed by atoms with Crippen LogP contribution in [0.2, 0.25) is 0 Å². The number of carbonyl (C=O) groups is 1. The Labute approximate surface area is 201 Å². The summed E-state index contributed by atoms with van der Waals surface area (Å²) >= 11 is 0. The van der Waals surface area contributed by atoms with E-state index in [1.807, 2.05) is 80.3 Å². The molecule has 7 nitrogen and oxygen atoms in total. The molecule has 1 fully saturated rings. The van der Waals surface area contributed by atoms with E-state index in [0.29, 0.717) is 30.5 Å². The van der Waals surface area contributed by atoms with E-state index >= 15 is 0 Å². The first-order valence-corrected chi connectivity index (χ1v) is 11.8. The van der Waals surface area contributed by atoms with E-state index in [1.165, 1.54) is 0 Å². The molecule has 0 bridgehead atoms. The Bertz CT molecular complexity index is 1100. The zero-order chi connectivity index (χ0) is 24.1. The van der Waals surface area contributed by atoms with Gasteiger partial charge in [-0.05, 0) is 44.0 Å². The van der Waals surface area contributed by atoms with Crippen molar-refractivity contribution in [3.63, 3.8) is 0 Å². The lowest BCUT2D eigenvalue weighted by atomic mass is 10.1. The Balaban J connectivity index is 1.75. The Hall–Kier alpha value is -3.32. The highest BCUT2D eigenvalue weighted by Crippen LogP contribution is 2.36. The van der Waals surface area contributed by atoms with Gasteiger partial charge in [-0.25, -0.2) is 4.68 Å². The normalized spacial score (nSPS) is 15.5. The average Bonchev–Trinajstić information content (AvgIpc) is 3.47. The third-order valence-electron chi connectivity index (χ3n) is 6.02. The number of aryl methyl sites for hydroxylation is 1. The smallest absolute Gasteiger partial charge is 0.228 e. The molecule has 180 valence electrons. The molecule has 0 aliphatic carbocycles. The quantitative estimate of drug-likeness (QED) is 0.439. The van der Waals surface area contributed by atoms with E-state index in [0.717, 1.165) is 36.4 Å². The van der Waals surface area contributed by atoms with E-state index in [2.05, 4.69) is 0 Å². The Morgan fingerprint density at radius 1 is 1.15 bits per heavy atom. The lowest BCUT2D eigenvalue weighted by Gasteiger charge is -2.27. The minimum Gasteiger partial charge on any atom is -0.493 e. The number of nitrogens with zero attached hydrogens (tertiary/aromatic N) is 3. The van der Waals surface area contributed by atoms with Crippen LogP contribution < -0.4 is 9.47 Å². The summed E-state index contributed by atoms with van der Waals surface area (Å²) < 4.78 is 19.6. The number of methoxy groups -OCH3 is 1. The molecule has 2 aromatic carbocycles. The van der Waals surface area contributed by atoms with Crippen molar-refractivity contribution in [3.05, 3.63) is 65.9 Å². The summed E-state index contributed by atoms with van der Waals surface area (Å²) in [5.41, 5.74) is 2.55. The second-order valence-corrected chi connectivity index (χ2v) is 8.88. The van der Waals surface area contributed by atoms with E-state index in [9.17, 15) is 4.79 Å². The van der Waals surface area contributed by atoms with Gasteiger partial charge < -0.3 is 19.1 Å². The molecule has 0 N–H and O–H groups in total. The van der Waals surface area contributed by atoms with Crippen LogP contribution in [0.1, 0.15) is 37.9 Å². The van der Waals surface area contributed by atoms with Gasteiger partial charge in [0.1, 0.15) is 0 Å². The highest BCUT2D eigenvalue weighted by molar-refractivity contribution is 5.78. The van der Waals surface area contributed by atoms with Crippen molar-refractivity contribution in [3.8, 4) is 23.1 Å². The summed E-state index contributed by atoms with van der Waals surface area (Å²) in [5.74, 6) is 1.75. The van der Waals surface area contributed by atoms with Gasteiger partial charge >= 0.3 is 0 Å². The molecular weight excluding hydrogens is 430 g/mol. The highest BCUT2D eigenvalue weighted by atomic mass is 16.5. The minimum atomic E-state index is -0.121. The third-order valence-corrected chi connectivity index (χ3v) is 6.02. The fourth-order valence-corrected chi connectivity index (χ4v) is 4.20. The van der Waals surface area contributed by atoms with Gasteiger partial charge in [-0.2, -0.15) is 5.10 Å². The zero-order valence-corrected chi connectivity index (χ0v) is 20.4. The summed E-state index contributed by atoms with van der Waals surface area (Å²) in [6.45, 7) is 7.51. The molecule has 0 radical (unpaired) electrons. The van der Waals surface area contributed by atoms with Crippen LogP contribution in [0.25, 0.3) is 5.69 Å². The van der Waals surface area contributed by atoms with Crippen molar-refractivity contribution in [2.75, 3.05) is 20.3 Å². The molecule has 0 saturated carbocycles. The number of carbonyl (C=O) groups excluding carboxylic acids is 1. The fourth-order valence-electron chi connectivity index (χ4n) is 4.20. The van der Waals surface area contributed by atoms with Gasteiger partial charge in [-0.3, -0.25) is 4.79 Å². The van der Waals surface area contributed by atoms with Crippen molar-refractivity contribution in [2.24, 2.45) is 5.92 Å². The van der Waals surface area contributed by atoms with Crippen molar-refractivity contribution in [1.29, 1.82) is 0 Å². The zero-order valence-electron chi connectivity index (χ0n) is 20.4. The summed E-state index contributed by atoms with van der Waals surface area (Å²) in [7, 11) is 1.62. The van der Waals surface area contributed by atoms with Crippen LogP contribution in [0.15, 0.2) is 54.6 Å². The van der Waals surface area contributed by atoms with Crippen LogP contribution in [0.4, 0.5) is 0 Å². The second kappa shape index (κ2) is 10.7. The standard InChI is InChI=1S/C27H33N3O4/c1-19(2)26(31)29(17-22-13-10-16-33-22)18-23-20(3)28-30(21-11-6-5-7-12-21)27(23)34-25-15-9-8-14-24(25)32-4/h5-9,11-12,14-15,19,22H,10,13,16-18H2,1-4H3/t22-/m1/s1. The molecule has 34 heavy (non-hydrogen) atoms. The number of ether oxygens (including phenoxy) is 3. The number of amides is 1. The van der Waals surface area contributed by atoms with E-state index in [1.54, 1.807) is 11.8 Å². The summed E-state index contributed by atoms with van der Waals surface area (Å²) in [5, 5.41) is 4.80. The summed E-state index contributed by atoms with van der Waals surface area (Å²) in [6.07, 6.45) is 2.06. The van der Waals surface area contributed by atoms with Crippen LogP contribution >= 0.6 is 0 Å². The van der Waals surface area contributed by atoms with E-state index in [4.69, 9.17) is 19.3 Å². The van der Waals surface area contributed by atoms with Gasteiger partial charge in [0.05, 0.1) is 36.7 Å². The summed E-state index contributed by atoms with van der Waals surface area (Å²) in [6, 6.07) is 17.4. The molecule has 1 amide bonds. The minimum absolute atomic E-state index is 0.0609. The van der Waals surface area contributed by atoms with Crippen molar-refractivity contribution < 1.29 is 19.0 Å². The average molecular weight is 464 g/mol. The van der Waals surface area contributed by atoms with Crippen molar-refractivity contribution in [2.45, 2.75) is 46.3 Å². The maximum atomic E-state index is 13.2. The predicted octanol–water partition coefficient (Wildman–Crippen LogP) is 5.15. The topological polar surface area (TPSA) is 65.8 Å². The molecule has 1 atom stereocenters. The maximum Gasteiger partial charge on any atom is 0.228 e. The number of benzene rings is 2. The third kappa shape index (κ3) is 5.25. The van der Waals surface area contributed by atoms with Crippen LogP contribution in [-0.4, -0.2) is 47.0 Å². The van der Waals surface area contributed by atoms with Gasteiger partial charge in [0, 0.05) is 19.1 Å². The van der Waals surface area contributed by atoms with E-state index in [-0.39, 0.29) is 17.9 Å². The molecular formula is C27H33N3O4. The van der Waals surface area contributed by atoms with E-state index < -0.39 is 0 Å². The molecule has 0 unspecified atom stereocenters. The molecule has 0 spiro atoms. The number of aromatic nitrogens is 2. The van der Waals surface area contributed by atoms with Crippen LogP contribution in [-0.2, 0) is 16.1 Å². The lowest BCUT2D eigenvalue weighted by molar-refractivity contribution is -0.136. The Morgan fingerprint density at radius 2 is 1.85 bits per heavy atom. The predicted molar refractivity (Wildman–Crippen MR) is 131 cm³/mol. The molecule has 1 aliphatic rings. The second-order valence-electron chi connectivity index (χ2n) is 8.88. The van der Waals surface area contributed by atoms with Gasteiger partial charge in [-0.1, -0.05) is 44.2 Å². The fraction of sp³-hybridized carbons (Fsp3) is 0.407. The van der Waals surface area contributed by atoms with Crippen molar-refractivity contribution >= 4 is 5.91 Å². The Kier molecular flexibility index (Phi) is 7.53. The van der Waals surface area contributed by atoms with Gasteiger partial charge in [0.25, 0.3) is 0 Å². The first kappa shape index (κ1) is 23.8. The number of hydrogen-bond donors (Lipinski definition) is 0. The number of hydrogen-bond acceptors (Lipinski definition) is 5. The Morgan fingerprint density at radius 3 is 2.50 bits per heavy atom. The molecule has 3 aromatic rings. The maximum absolute atomic E-state index is 13.2. The first-order chi connectivity index (χ1) is 16.5. The number of rotatable bonds is 9. The molecule has 1 aromatic heterocycles. The van der Waals surface area contributed by atoms with Gasteiger partial charge in [0.2, 0.25) is 11.8 Å². The van der Waals surface area contributed by atoms with Gasteiger partial charge in [-0.15, -0.1) is 0 Å². The monoisotopic (exact) mass is 463 g/mol. The lowest BCUT2D eigenvalue weighted by Crippen LogP contribution is -2.39.